The molecule has 0 aromatic carbocycles. The van der Waals surface area contributed by atoms with Crippen molar-refractivity contribution in [2.45, 2.75) is 20.3 Å². The predicted octanol–water partition coefficient (Wildman–Crippen LogP) is 1.05. The summed E-state index contributed by atoms with van der Waals surface area (Å²) in [5, 5.41) is 8.24. The predicted molar refractivity (Wildman–Crippen MR) is 37.4 cm³/mol. The van der Waals surface area contributed by atoms with E-state index in [1.54, 1.807) is 13.0 Å². The van der Waals surface area contributed by atoms with E-state index in [0.29, 0.717) is 5.57 Å². The van der Waals surface area contributed by atoms with Crippen molar-refractivity contribution in [2.75, 3.05) is 0 Å². The Labute approximate surface area is 71.1 Å². The van der Waals surface area contributed by atoms with Crippen LogP contribution < -0.4 is 0 Å². The summed E-state index contributed by atoms with van der Waals surface area (Å²) in [6.45, 7) is 3.50. The van der Waals surface area contributed by atoms with E-state index in [0.717, 1.165) is 6.42 Å². The highest BCUT2D eigenvalue weighted by atomic mass is 24.3. The summed E-state index contributed by atoms with van der Waals surface area (Å²) in [5.74, 6) is -0.827. The summed E-state index contributed by atoms with van der Waals surface area (Å²) in [6.07, 6.45) is 2.47. The van der Waals surface area contributed by atoms with Crippen LogP contribution in [-0.4, -0.2) is 34.1 Å². The van der Waals surface area contributed by atoms with Crippen molar-refractivity contribution in [3.05, 3.63) is 11.6 Å². The van der Waals surface area contributed by atoms with Gasteiger partial charge >= 0.3 is 5.97 Å². The monoisotopic (exact) mass is 138 g/mol. The number of carboxylic acid groups (broad SMARTS) is 1. The molecule has 0 aromatic heterocycles. The first-order chi connectivity index (χ1) is 3.68. The smallest absolute Gasteiger partial charge is 0.330 e. The first-order valence-corrected chi connectivity index (χ1v) is 2.58. The van der Waals surface area contributed by atoms with E-state index in [4.69, 9.17) is 5.11 Å². The minimum absolute atomic E-state index is 0. The van der Waals surface area contributed by atoms with Crippen LogP contribution in [0.25, 0.3) is 0 Å². The third-order valence-corrected chi connectivity index (χ3v) is 0.848. The minimum atomic E-state index is -0.827. The van der Waals surface area contributed by atoms with E-state index < -0.39 is 5.97 Å². The molecule has 0 aromatic rings. The quantitative estimate of drug-likeness (QED) is 0.457. The normalized spacial score (nSPS) is 10.2. The van der Waals surface area contributed by atoms with E-state index in [1.807, 2.05) is 6.92 Å². The molecule has 9 heavy (non-hydrogen) atoms. The van der Waals surface area contributed by atoms with Gasteiger partial charge in [-0.15, -0.1) is 0 Å². The van der Waals surface area contributed by atoms with Gasteiger partial charge in [0, 0.05) is 28.6 Å². The molecule has 0 heterocycles. The molecule has 0 spiro atoms. The Balaban J connectivity index is 0. The van der Waals surface area contributed by atoms with Crippen molar-refractivity contribution >= 4 is 29.0 Å². The molecule has 0 aliphatic rings. The van der Waals surface area contributed by atoms with Gasteiger partial charge in [0.25, 0.3) is 0 Å². The fraction of sp³-hybridized carbons (Fsp3) is 0.500. The first kappa shape index (κ1) is 11.7. The molecular weight excluding hydrogens is 128 g/mol. The standard InChI is InChI=1S/C6H10O2.Mg/c1-3-4-5(2)6(7)8;/h4H,3H2,1-2H3,(H,7,8);. The van der Waals surface area contributed by atoms with Crippen molar-refractivity contribution < 1.29 is 9.90 Å². The minimum Gasteiger partial charge on any atom is -0.478 e. The van der Waals surface area contributed by atoms with E-state index in [1.165, 1.54) is 0 Å². The molecule has 0 saturated carbocycles. The topological polar surface area (TPSA) is 37.3 Å². The molecule has 0 fully saturated rings. The maximum atomic E-state index is 10.0. The lowest BCUT2D eigenvalue weighted by molar-refractivity contribution is -0.132. The van der Waals surface area contributed by atoms with Gasteiger partial charge in [0.05, 0.1) is 0 Å². The molecule has 0 atom stereocenters. The number of hydrogen-bond donors (Lipinski definition) is 1. The summed E-state index contributed by atoms with van der Waals surface area (Å²) in [4.78, 5) is 10.0. The number of rotatable bonds is 2. The highest BCUT2D eigenvalue weighted by Crippen LogP contribution is 1.92. The Morgan fingerprint density at radius 1 is 1.67 bits per heavy atom. The van der Waals surface area contributed by atoms with Gasteiger partial charge in [-0.25, -0.2) is 4.79 Å². The largest absolute Gasteiger partial charge is 0.478 e. The molecule has 0 bridgehead atoms. The van der Waals surface area contributed by atoms with Crippen LogP contribution in [0.4, 0.5) is 0 Å². The van der Waals surface area contributed by atoms with Crippen LogP contribution in [0.5, 0.6) is 0 Å². The van der Waals surface area contributed by atoms with E-state index in [9.17, 15) is 4.79 Å². The second-order valence-corrected chi connectivity index (χ2v) is 1.60. The van der Waals surface area contributed by atoms with Crippen molar-refractivity contribution in [3.63, 3.8) is 0 Å². The molecule has 0 unspecified atom stereocenters. The molecule has 0 amide bonds. The van der Waals surface area contributed by atoms with Gasteiger partial charge in [-0.1, -0.05) is 13.0 Å². The Bertz CT molecular complexity index is 118. The van der Waals surface area contributed by atoms with Gasteiger partial charge in [0.2, 0.25) is 0 Å². The van der Waals surface area contributed by atoms with Crippen LogP contribution >= 0.6 is 0 Å². The molecule has 0 saturated heterocycles. The zero-order valence-corrected chi connectivity index (χ0v) is 7.26. The lowest BCUT2D eigenvalue weighted by Crippen LogP contribution is -1.94. The van der Waals surface area contributed by atoms with Crippen LogP contribution in [-0.2, 0) is 4.79 Å². The number of aliphatic carboxylic acids is 1. The zero-order chi connectivity index (χ0) is 6.57. The molecule has 1 N–H and O–H groups in total. The average molecular weight is 138 g/mol. The molecule has 3 heteroatoms. The number of hydrogen-bond acceptors (Lipinski definition) is 1. The van der Waals surface area contributed by atoms with E-state index in [2.05, 4.69) is 0 Å². The molecule has 2 radical (unpaired) electrons. The number of allylic oxidation sites excluding steroid dienone is 1. The molecule has 48 valence electrons. The van der Waals surface area contributed by atoms with Crippen molar-refractivity contribution in [1.82, 2.24) is 0 Å². The van der Waals surface area contributed by atoms with Crippen LogP contribution in [0.1, 0.15) is 20.3 Å². The summed E-state index contributed by atoms with van der Waals surface area (Å²) in [7, 11) is 0. The highest BCUT2D eigenvalue weighted by molar-refractivity contribution is 5.85. The Kier molecular flexibility index (Phi) is 7.96. The zero-order valence-electron chi connectivity index (χ0n) is 5.85. The van der Waals surface area contributed by atoms with E-state index in [-0.39, 0.29) is 23.1 Å². The van der Waals surface area contributed by atoms with Crippen LogP contribution in [0, 0.1) is 0 Å². The lowest BCUT2D eigenvalue weighted by Gasteiger charge is -1.87. The third kappa shape index (κ3) is 5.85. The van der Waals surface area contributed by atoms with Crippen LogP contribution in [0.3, 0.4) is 0 Å². The van der Waals surface area contributed by atoms with Gasteiger partial charge < -0.3 is 5.11 Å². The maximum Gasteiger partial charge on any atom is 0.330 e. The third-order valence-electron chi connectivity index (χ3n) is 0.848. The van der Waals surface area contributed by atoms with Gasteiger partial charge in [-0.3, -0.25) is 0 Å². The molecular formula is C6H10MgO2. The van der Waals surface area contributed by atoms with Crippen LogP contribution in [0.2, 0.25) is 0 Å². The Hall–Kier alpha value is -0.0238. The average Bonchev–Trinajstić information content (AvgIpc) is 1.67. The Morgan fingerprint density at radius 3 is 2.22 bits per heavy atom. The SMILES string of the molecule is CCC=C(C)C(=O)O.[Mg]. The first-order valence-electron chi connectivity index (χ1n) is 2.58. The molecule has 0 aliphatic heterocycles. The summed E-state index contributed by atoms with van der Waals surface area (Å²) < 4.78 is 0. The highest BCUT2D eigenvalue weighted by Gasteiger charge is 1.94. The van der Waals surface area contributed by atoms with Gasteiger partial charge in [0.1, 0.15) is 0 Å². The molecule has 2 nitrogen and oxygen atoms in total. The fourth-order valence-electron chi connectivity index (χ4n) is 0.393. The number of carboxylic acids is 1. The van der Waals surface area contributed by atoms with Gasteiger partial charge in [0.15, 0.2) is 0 Å². The lowest BCUT2D eigenvalue weighted by atomic mass is 10.2. The second-order valence-electron chi connectivity index (χ2n) is 1.60. The fourth-order valence-corrected chi connectivity index (χ4v) is 0.393. The number of carbonyl (C=O) groups is 1. The van der Waals surface area contributed by atoms with Gasteiger partial charge in [-0.05, 0) is 13.3 Å². The van der Waals surface area contributed by atoms with Gasteiger partial charge in [-0.2, -0.15) is 0 Å². The van der Waals surface area contributed by atoms with Crippen molar-refractivity contribution in [1.29, 1.82) is 0 Å². The van der Waals surface area contributed by atoms with E-state index >= 15 is 0 Å². The maximum absolute atomic E-state index is 10.0. The van der Waals surface area contributed by atoms with Crippen molar-refractivity contribution in [2.24, 2.45) is 0 Å². The second kappa shape index (κ2) is 6.10. The van der Waals surface area contributed by atoms with Crippen molar-refractivity contribution in [3.8, 4) is 0 Å². The Morgan fingerprint density at radius 2 is 2.11 bits per heavy atom. The molecule has 0 aliphatic carbocycles. The van der Waals surface area contributed by atoms with Crippen LogP contribution in [0.15, 0.2) is 11.6 Å². The summed E-state index contributed by atoms with van der Waals surface area (Å²) >= 11 is 0. The summed E-state index contributed by atoms with van der Waals surface area (Å²) in [6, 6.07) is 0. The molecule has 0 rings (SSSR count). The summed E-state index contributed by atoms with van der Waals surface area (Å²) in [5.41, 5.74) is 0.424.